The van der Waals surface area contributed by atoms with Crippen molar-refractivity contribution >= 4 is 17.1 Å². The molecule has 4 aromatic rings. The van der Waals surface area contributed by atoms with E-state index in [1.165, 1.54) is 29.1 Å². The molecule has 0 spiro atoms. The lowest BCUT2D eigenvalue weighted by Crippen LogP contribution is -2.09. The highest BCUT2D eigenvalue weighted by Gasteiger charge is 2.16. The van der Waals surface area contributed by atoms with Gasteiger partial charge < -0.3 is 4.74 Å². The Morgan fingerprint density at radius 2 is 1.48 bits per heavy atom. The Bertz CT molecular complexity index is 1160. The molecule has 0 aliphatic carbocycles. The van der Waals surface area contributed by atoms with Crippen LogP contribution in [0.4, 0.5) is 4.79 Å². The molecule has 0 bridgehead atoms. The number of ether oxygens (including phenoxy) is 1. The molecule has 1 heterocycles. The van der Waals surface area contributed by atoms with Gasteiger partial charge in [-0.15, -0.1) is 0 Å². The van der Waals surface area contributed by atoms with Crippen molar-refractivity contribution in [3.05, 3.63) is 78.1 Å². The van der Waals surface area contributed by atoms with Crippen molar-refractivity contribution in [1.29, 1.82) is 0 Å². The van der Waals surface area contributed by atoms with Crippen molar-refractivity contribution in [2.75, 3.05) is 7.11 Å². The van der Waals surface area contributed by atoms with Gasteiger partial charge in [0.15, 0.2) is 0 Å². The minimum atomic E-state index is -0.448. The molecular formula is C23H20N2O2. The van der Waals surface area contributed by atoms with Gasteiger partial charge in [0.1, 0.15) is 6.33 Å². The molecule has 0 aliphatic rings. The maximum atomic E-state index is 12.1. The van der Waals surface area contributed by atoms with Crippen molar-refractivity contribution < 1.29 is 9.53 Å². The zero-order valence-corrected chi connectivity index (χ0v) is 15.6. The van der Waals surface area contributed by atoms with Crippen LogP contribution >= 0.6 is 0 Å². The molecule has 134 valence electrons. The number of carbonyl (C=O) groups is 1. The number of benzene rings is 3. The summed E-state index contributed by atoms with van der Waals surface area (Å²) in [4.78, 5) is 16.5. The largest absolute Gasteiger partial charge is 0.452 e. The summed E-state index contributed by atoms with van der Waals surface area (Å²) >= 11 is 0. The lowest BCUT2D eigenvalue weighted by atomic mass is 9.92. The molecule has 0 saturated heterocycles. The molecule has 1 aromatic heterocycles. The highest BCUT2D eigenvalue weighted by molar-refractivity contribution is 5.96. The van der Waals surface area contributed by atoms with Gasteiger partial charge in [-0.1, -0.05) is 59.7 Å². The van der Waals surface area contributed by atoms with E-state index < -0.39 is 6.09 Å². The number of fused-ring (bicyclic) bond motifs is 1. The number of imidazole rings is 1. The number of aromatic nitrogens is 2. The predicted octanol–water partition coefficient (Wildman–Crippen LogP) is 5.60. The van der Waals surface area contributed by atoms with E-state index in [-0.39, 0.29) is 0 Å². The van der Waals surface area contributed by atoms with Crippen LogP contribution in [0.15, 0.2) is 67.0 Å². The van der Waals surface area contributed by atoms with Crippen LogP contribution in [0.3, 0.4) is 0 Å². The standard InChI is InChI=1S/C23H20N2O2/c1-15-6-4-8-17(10-15)19-12-21-22(25(14-24-21)23(26)27-3)13-20(19)18-9-5-7-16(2)11-18/h4-14H,1-3H3. The number of carbonyl (C=O) groups excluding carboxylic acids is 1. The van der Waals surface area contributed by atoms with Gasteiger partial charge in [0, 0.05) is 0 Å². The highest BCUT2D eigenvalue weighted by atomic mass is 16.5. The predicted molar refractivity (Wildman–Crippen MR) is 108 cm³/mol. The zero-order chi connectivity index (χ0) is 19.0. The Labute approximate surface area is 158 Å². The van der Waals surface area contributed by atoms with Crippen LogP contribution in [0, 0.1) is 13.8 Å². The summed E-state index contributed by atoms with van der Waals surface area (Å²) in [7, 11) is 1.37. The first-order valence-corrected chi connectivity index (χ1v) is 8.80. The van der Waals surface area contributed by atoms with Crippen molar-refractivity contribution in [1.82, 2.24) is 9.55 Å². The van der Waals surface area contributed by atoms with Crippen molar-refractivity contribution in [3.63, 3.8) is 0 Å². The van der Waals surface area contributed by atoms with Crippen LogP contribution in [0.25, 0.3) is 33.3 Å². The lowest BCUT2D eigenvalue weighted by molar-refractivity contribution is 0.174. The maximum absolute atomic E-state index is 12.1. The number of hydrogen-bond acceptors (Lipinski definition) is 3. The molecule has 4 heteroatoms. The zero-order valence-electron chi connectivity index (χ0n) is 15.6. The van der Waals surface area contributed by atoms with Crippen LogP contribution in [0.5, 0.6) is 0 Å². The summed E-state index contributed by atoms with van der Waals surface area (Å²) in [5, 5.41) is 0. The van der Waals surface area contributed by atoms with Gasteiger partial charge in [-0.05, 0) is 48.2 Å². The quantitative estimate of drug-likeness (QED) is 0.469. The molecular weight excluding hydrogens is 336 g/mol. The summed E-state index contributed by atoms with van der Waals surface area (Å²) in [5.41, 5.74) is 8.25. The minimum Gasteiger partial charge on any atom is -0.452 e. The summed E-state index contributed by atoms with van der Waals surface area (Å²) in [6, 6.07) is 20.8. The summed E-state index contributed by atoms with van der Waals surface area (Å²) in [5.74, 6) is 0. The molecule has 0 unspecified atom stereocenters. The second-order valence-corrected chi connectivity index (χ2v) is 6.71. The number of nitrogens with zero attached hydrogens (tertiary/aromatic N) is 2. The van der Waals surface area contributed by atoms with Gasteiger partial charge in [0.05, 0.1) is 18.1 Å². The molecule has 0 aliphatic heterocycles. The fraction of sp³-hybridized carbons (Fsp3) is 0.130. The van der Waals surface area contributed by atoms with Crippen LogP contribution < -0.4 is 0 Å². The Morgan fingerprint density at radius 1 is 0.889 bits per heavy atom. The molecule has 0 N–H and O–H groups in total. The third-order valence-corrected chi connectivity index (χ3v) is 4.72. The number of methoxy groups -OCH3 is 1. The van der Waals surface area contributed by atoms with E-state index in [0.29, 0.717) is 0 Å². The SMILES string of the molecule is COC(=O)n1cnc2cc(-c3cccc(C)c3)c(-c3cccc(C)c3)cc21. The number of aryl methyl sites for hydroxylation is 2. The van der Waals surface area contributed by atoms with Gasteiger partial charge >= 0.3 is 6.09 Å². The summed E-state index contributed by atoms with van der Waals surface area (Å²) in [6.45, 7) is 4.16. The highest BCUT2D eigenvalue weighted by Crippen LogP contribution is 2.36. The molecule has 0 amide bonds. The first-order chi connectivity index (χ1) is 13.1. The monoisotopic (exact) mass is 356 g/mol. The van der Waals surface area contributed by atoms with Crippen molar-refractivity contribution in [3.8, 4) is 22.3 Å². The Kier molecular flexibility index (Phi) is 4.24. The average molecular weight is 356 g/mol. The van der Waals surface area contributed by atoms with Crippen LogP contribution in [0.1, 0.15) is 11.1 Å². The Hall–Kier alpha value is -3.40. The molecule has 0 saturated carbocycles. The van der Waals surface area contributed by atoms with E-state index in [2.05, 4.69) is 61.3 Å². The Balaban J connectivity index is 2.03. The third-order valence-electron chi connectivity index (χ3n) is 4.72. The Morgan fingerprint density at radius 3 is 2.04 bits per heavy atom. The molecule has 0 atom stereocenters. The molecule has 4 nitrogen and oxygen atoms in total. The summed E-state index contributed by atoms with van der Waals surface area (Å²) < 4.78 is 6.32. The normalized spacial score (nSPS) is 10.9. The van der Waals surface area contributed by atoms with Gasteiger partial charge in [-0.25, -0.2) is 14.3 Å². The van der Waals surface area contributed by atoms with Gasteiger partial charge in [0.2, 0.25) is 0 Å². The maximum Gasteiger partial charge on any atom is 0.419 e. The lowest BCUT2D eigenvalue weighted by Gasteiger charge is -2.13. The van der Waals surface area contributed by atoms with Gasteiger partial charge in [-0.3, -0.25) is 0 Å². The van der Waals surface area contributed by atoms with E-state index in [1.807, 2.05) is 18.2 Å². The topological polar surface area (TPSA) is 44.1 Å². The fourth-order valence-electron chi connectivity index (χ4n) is 3.40. The first kappa shape index (κ1) is 17.0. The first-order valence-electron chi connectivity index (χ1n) is 8.80. The average Bonchev–Trinajstić information content (AvgIpc) is 3.09. The fourth-order valence-corrected chi connectivity index (χ4v) is 3.40. The third kappa shape index (κ3) is 3.10. The number of hydrogen-bond donors (Lipinski definition) is 0. The van der Waals surface area contributed by atoms with Gasteiger partial charge in [-0.2, -0.15) is 0 Å². The van der Waals surface area contributed by atoms with Crippen molar-refractivity contribution in [2.24, 2.45) is 0 Å². The van der Waals surface area contributed by atoms with E-state index >= 15 is 0 Å². The van der Waals surface area contributed by atoms with Crippen LogP contribution in [0.2, 0.25) is 0 Å². The van der Waals surface area contributed by atoms with Crippen LogP contribution in [-0.4, -0.2) is 22.8 Å². The van der Waals surface area contributed by atoms with E-state index in [9.17, 15) is 4.79 Å². The molecule has 27 heavy (non-hydrogen) atoms. The second kappa shape index (κ2) is 6.72. The van der Waals surface area contributed by atoms with E-state index in [4.69, 9.17) is 4.74 Å². The molecule has 4 rings (SSSR count). The van der Waals surface area contributed by atoms with E-state index in [0.717, 1.165) is 33.3 Å². The minimum absolute atomic E-state index is 0.448. The molecule has 0 radical (unpaired) electrons. The summed E-state index contributed by atoms with van der Waals surface area (Å²) in [6.07, 6.45) is 1.06. The van der Waals surface area contributed by atoms with Gasteiger partial charge in [0.25, 0.3) is 0 Å². The molecule has 0 fully saturated rings. The molecule has 3 aromatic carbocycles. The van der Waals surface area contributed by atoms with Crippen LogP contribution in [-0.2, 0) is 4.74 Å². The number of rotatable bonds is 2. The van der Waals surface area contributed by atoms with Crippen molar-refractivity contribution in [2.45, 2.75) is 13.8 Å². The second-order valence-electron chi connectivity index (χ2n) is 6.71. The smallest absolute Gasteiger partial charge is 0.419 e. The van der Waals surface area contributed by atoms with E-state index in [1.54, 1.807) is 0 Å².